The topological polar surface area (TPSA) is 237 Å². The number of aliphatic hydroxyl groups is 1. The average Bonchev–Trinajstić information content (AvgIpc) is 0.899. The Balaban J connectivity index is 5.50. The molecule has 0 saturated carbocycles. The van der Waals surface area contributed by atoms with E-state index in [2.05, 4.69) is 204 Å². The quantitative estimate of drug-likeness (QED) is 0.0169. The monoisotopic (exact) mass is 1570 g/mol. The summed E-state index contributed by atoms with van der Waals surface area (Å²) >= 11 is 0. The standard InChI is InChI=1S/C91H146O17P2/c1-5-9-13-17-21-25-29-33-37-40-42-45-48-51-55-59-63-67-71-75-88(93)101-81-86(107-90(95)77-73-69-65-61-57-53-47-36-32-28-24-20-16-12-8-4)83-105-109(97,98)103-79-85(92)80-104-110(99,100)106-84-87(108-91(96)78-74-70-66-62-58-54-50-44-39-35-31-27-23-19-15-11-7-3)82-102-89(94)76-72-68-64-60-56-52-49-46-43-41-38-34-30-26-22-18-14-10-6-2/h9,11-13,15-16,21-28,33-39,42-43,45-47,51,55,57,61,63,67,85-87,92H,5-8,10,14,17-20,29-32,40-41,44,48-50,52-54,56,58-60,62,64-66,68-84H2,1-4H3,(H,97,98)(H,99,100)/b13-9-,15-11-,16-12-,25-21-,26-22-,27-23-,28-24-,37-33-,38-34-,39-35-,45-42-,46-43-,47-36-,55-51-,61-57-,67-63-. The first-order valence-electron chi connectivity index (χ1n) is 41.7. The maximum absolute atomic E-state index is 13.1. The number of carbonyl (C=O) groups excluding carboxylic acids is 4. The number of allylic oxidation sites excluding steroid dienone is 32. The minimum Gasteiger partial charge on any atom is -0.462 e. The van der Waals surface area contributed by atoms with E-state index in [1.165, 1.54) is 19.3 Å². The van der Waals surface area contributed by atoms with Crippen LogP contribution in [0.25, 0.3) is 0 Å². The van der Waals surface area contributed by atoms with Crippen molar-refractivity contribution in [2.45, 2.75) is 316 Å². The van der Waals surface area contributed by atoms with Crippen molar-refractivity contribution < 1.29 is 80.2 Å². The molecule has 3 N–H and O–H groups in total. The largest absolute Gasteiger partial charge is 0.472 e. The van der Waals surface area contributed by atoms with Crippen molar-refractivity contribution in [3.63, 3.8) is 0 Å². The molecule has 5 unspecified atom stereocenters. The zero-order chi connectivity index (χ0) is 80.3. The second-order valence-corrected chi connectivity index (χ2v) is 29.8. The van der Waals surface area contributed by atoms with Gasteiger partial charge in [-0.15, -0.1) is 0 Å². The molecule has 0 rings (SSSR count). The van der Waals surface area contributed by atoms with Crippen molar-refractivity contribution in [3.8, 4) is 0 Å². The maximum atomic E-state index is 13.1. The van der Waals surface area contributed by atoms with Gasteiger partial charge in [0.25, 0.3) is 0 Å². The fraction of sp³-hybridized carbons (Fsp3) is 0.604. The minimum atomic E-state index is -5.02. The summed E-state index contributed by atoms with van der Waals surface area (Å²) in [5, 5.41) is 10.7. The third-order valence-corrected chi connectivity index (χ3v) is 18.4. The van der Waals surface area contributed by atoms with Crippen LogP contribution in [0.2, 0.25) is 0 Å². The Morgan fingerprint density at radius 3 is 0.800 bits per heavy atom. The fourth-order valence-corrected chi connectivity index (χ4v) is 11.9. The Kier molecular flexibility index (Phi) is 76.4. The molecule has 0 aromatic heterocycles. The smallest absolute Gasteiger partial charge is 0.462 e. The Morgan fingerprint density at radius 1 is 0.264 bits per heavy atom. The zero-order valence-electron chi connectivity index (χ0n) is 68.1. The molecule has 0 aliphatic rings. The number of rotatable bonds is 76. The fourth-order valence-electron chi connectivity index (χ4n) is 10.3. The summed E-state index contributed by atoms with van der Waals surface area (Å²) in [5.74, 6) is -2.36. The van der Waals surface area contributed by atoms with E-state index in [1.807, 2.05) is 18.2 Å². The molecule has 0 radical (unpaired) electrons. The second-order valence-electron chi connectivity index (χ2n) is 26.9. The summed E-state index contributed by atoms with van der Waals surface area (Å²) in [7, 11) is -10.0. The van der Waals surface area contributed by atoms with Crippen molar-refractivity contribution in [1.29, 1.82) is 0 Å². The Morgan fingerprint density at radius 2 is 0.491 bits per heavy atom. The number of hydrogen-bond acceptors (Lipinski definition) is 15. The van der Waals surface area contributed by atoms with Gasteiger partial charge in [0, 0.05) is 25.7 Å². The molecule has 0 amide bonds. The molecule has 17 nitrogen and oxygen atoms in total. The van der Waals surface area contributed by atoms with Crippen LogP contribution in [0.1, 0.15) is 297 Å². The van der Waals surface area contributed by atoms with Crippen molar-refractivity contribution in [3.05, 3.63) is 194 Å². The van der Waals surface area contributed by atoms with Gasteiger partial charge in [0.1, 0.15) is 19.3 Å². The molecule has 0 heterocycles. The normalized spacial score (nSPS) is 14.8. The van der Waals surface area contributed by atoms with Crippen LogP contribution in [0.3, 0.4) is 0 Å². The molecule has 19 heteroatoms. The van der Waals surface area contributed by atoms with Crippen LogP contribution in [0.15, 0.2) is 194 Å². The summed E-state index contributed by atoms with van der Waals surface area (Å²) < 4.78 is 68.6. The molecule has 0 bridgehead atoms. The van der Waals surface area contributed by atoms with Crippen LogP contribution in [-0.4, -0.2) is 96.7 Å². The van der Waals surface area contributed by atoms with Gasteiger partial charge in [0.15, 0.2) is 12.2 Å². The van der Waals surface area contributed by atoms with Crippen molar-refractivity contribution >= 4 is 39.5 Å². The number of ether oxygens (including phenoxy) is 4. The second kappa shape index (κ2) is 80.9. The van der Waals surface area contributed by atoms with E-state index in [1.54, 1.807) is 0 Å². The van der Waals surface area contributed by atoms with Gasteiger partial charge in [0.2, 0.25) is 0 Å². The maximum Gasteiger partial charge on any atom is 0.472 e. The van der Waals surface area contributed by atoms with Crippen LogP contribution < -0.4 is 0 Å². The molecule has 0 aromatic carbocycles. The number of hydrogen-bond donors (Lipinski definition) is 3. The summed E-state index contributed by atoms with van der Waals surface area (Å²) in [5.41, 5.74) is 0. The molecule has 0 aliphatic carbocycles. The number of esters is 4. The van der Waals surface area contributed by atoms with E-state index in [0.29, 0.717) is 38.5 Å². The van der Waals surface area contributed by atoms with Crippen LogP contribution in [-0.2, 0) is 65.4 Å². The molecule has 5 atom stereocenters. The summed E-state index contributed by atoms with van der Waals surface area (Å²) in [6, 6.07) is 0. The van der Waals surface area contributed by atoms with Gasteiger partial charge in [-0.3, -0.25) is 37.3 Å². The van der Waals surface area contributed by atoms with Crippen LogP contribution >= 0.6 is 15.6 Å². The average molecular weight is 1570 g/mol. The highest BCUT2D eigenvalue weighted by Gasteiger charge is 2.30. The third-order valence-electron chi connectivity index (χ3n) is 16.5. The van der Waals surface area contributed by atoms with Gasteiger partial charge >= 0.3 is 39.5 Å². The first-order valence-corrected chi connectivity index (χ1v) is 44.7. The van der Waals surface area contributed by atoms with Crippen LogP contribution in [0.5, 0.6) is 0 Å². The minimum absolute atomic E-state index is 0.0188. The van der Waals surface area contributed by atoms with E-state index in [4.69, 9.17) is 37.0 Å². The molecule has 0 aliphatic heterocycles. The van der Waals surface area contributed by atoms with Gasteiger partial charge in [-0.1, -0.05) is 293 Å². The van der Waals surface area contributed by atoms with Gasteiger partial charge in [0.05, 0.1) is 26.4 Å². The SMILES string of the molecule is CC/C=C\C/C=C\C/C=C\C/C=C\C/C=C\C/C=C\CCC(=O)OCC(COP(=O)(O)OCC(O)COP(=O)(O)OCC(COC(=O)CCCCCCCC/C=C\C/C=C\C/C=C\CCCCC)OC(=O)CCCCCCCCC/C=C\C/C=C\C/C=C\CC)OC(=O)CCCC/C=C\C/C=C\C/C=C\C/C=C\CC. The van der Waals surface area contributed by atoms with Gasteiger partial charge in [-0.25, -0.2) is 9.13 Å². The van der Waals surface area contributed by atoms with Crippen LogP contribution in [0, 0.1) is 0 Å². The van der Waals surface area contributed by atoms with Crippen molar-refractivity contribution in [2.24, 2.45) is 0 Å². The van der Waals surface area contributed by atoms with Gasteiger partial charge in [-0.2, -0.15) is 0 Å². The number of carbonyl (C=O) groups is 4. The zero-order valence-corrected chi connectivity index (χ0v) is 69.9. The number of unbranched alkanes of at least 4 members (excludes halogenated alkanes) is 18. The van der Waals surface area contributed by atoms with E-state index in [0.717, 1.165) is 186 Å². The molecule has 0 saturated heterocycles. The predicted octanol–water partition coefficient (Wildman–Crippen LogP) is 24.9. The first kappa shape index (κ1) is 104. The molecule has 0 fully saturated rings. The lowest BCUT2D eigenvalue weighted by molar-refractivity contribution is -0.161. The molecular formula is C91H146O17P2. The highest BCUT2D eigenvalue weighted by molar-refractivity contribution is 7.47. The Bertz CT molecular complexity index is 2850. The Labute approximate surface area is 666 Å². The summed E-state index contributed by atoms with van der Waals surface area (Å²) in [6.07, 6.45) is 99.9. The molecule has 0 aromatic rings. The van der Waals surface area contributed by atoms with E-state index in [-0.39, 0.29) is 25.7 Å². The Hall–Kier alpha value is -6.10. The van der Waals surface area contributed by atoms with Gasteiger partial charge < -0.3 is 33.8 Å². The van der Waals surface area contributed by atoms with E-state index >= 15 is 0 Å². The molecule has 110 heavy (non-hydrogen) atoms. The van der Waals surface area contributed by atoms with Gasteiger partial charge in [-0.05, 0) is 173 Å². The lowest BCUT2D eigenvalue weighted by Gasteiger charge is -2.21. The third kappa shape index (κ3) is 80.0. The number of aliphatic hydroxyl groups excluding tert-OH is 1. The van der Waals surface area contributed by atoms with Crippen molar-refractivity contribution in [2.75, 3.05) is 39.6 Å². The lowest BCUT2D eigenvalue weighted by atomic mass is 10.1. The summed E-state index contributed by atoms with van der Waals surface area (Å²) in [6.45, 7) is 4.34. The molecular weight excluding hydrogens is 1430 g/mol. The highest BCUT2D eigenvalue weighted by Crippen LogP contribution is 2.45. The summed E-state index contributed by atoms with van der Waals surface area (Å²) in [4.78, 5) is 73.2. The van der Waals surface area contributed by atoms with Crippen molar-refractivity contribution in [1.82, 2.24) is 0 Å². The number of phosphoric ester groups is 2. The van der Waals surface area contributed by atoms with Crippen LogP contribution in [0.4, 0.5) is 0 Å². The van der Waals surface area contributed by atoms with E-state index in [9.17, 15) is 43.2 Å². The highest BCUT2D eigenvalue weighted by atomic mass is 31.2. The molecule has 622 valence electrons. The lowest BCUT2D eigenvalue weighted by Crippen LogP contribution is -2.30. The van der Waals surface area contributed by atoms with E-state index < -0.39 is 97.5 Å². The number of phosphoric acid groups is 2. The first-order chi connectivity index (χ1) is 53.7. The molecule has 0 spiro atoms. The predicted molar refractivity (Wildman–Crippen MR) is 454 cm³/mol.